The molecule has 2 atom stereocenters. The third-order valence-corrected chi connectivity index (χ3v) is 5.85. The summed E-state index contributed by atoms with van der Waals surface area (Å²) in [5, 5.41) is 2.42. The summed E-state index contributed by atoms with van der Waals surface area (Å²) in [4.78, 5) is 2.39. The molecule has 4 aromatic rings. The van der Waals surface area contributed by atoms with E-state index in [9.17, 15) is 0 Å². The van der Waals surface area contributed by atoms with Crippen LogP contribution in [0.3, 0.4) is 0 Å². The molecule has 0 saturated carbocycles. The first-order chi connectivity index (χ1) is 12.3. The van der Waals surface area contributed by atoms with E-state index in [-0.39, 0.29) is 0 Å². The fraction of sp³-hybridized carbons (Fsp3) is 0.130. The summed E-state index contributed by atoms with van der Waals surface area (Å²) in [5.74, 6) is 0.325. The van der Waals surface area contributed by atoms with E-state index in [1.807, 2.05) is 6.07 Å². The van der Waals surface area contributed by atoms with Crippen LogP contribution < -0.4 is 4.90 Å². The predicted molar refractivity (Wildman–Crippen MR) is 103 cm³/mol. The lowest BCUT2D eigenvalue weighted by Crippen LogP contribution is -2.30. The van der Waals surface area contributed by atoms with E-state index in [1.165, 1.54) is 33.2 Å². The summed E-state index contributed by atoms with van der Waals surface area (Å²) in [5.41, 5.74) is 7.34. The van der Waals surface area contributed by atoms with Gasteiger partial charge in [0, 0.05) is 35.0 Å². The highest BCUT2D eigenvalue weighted by atomic mass is 16.3. The van der Waals surface area contributed by atoms with Gasteiger partial charge < -0.3 is 9.32 Å². The first-order valence-corrected chi connectivity index (χ1v) is 8.77. The van der Waals surface area contributed by atoms with E-state index in [4.69, 9.17) is 4.42 Å². The van der Waals surface area contributed by atoms with Crippen LogP contribution >= 0.6 is 0 Å². The largest absolute Gasteiger partial charge is 0.456 e. The molecule has 0 saturated heterocycles. The zero-order chi connectivity index (χ0) is 16.5. The summed E-state index contributed by atoms with van der Waals surface area (Å²) in [6.45, 7) is 0. The van der Waals surface area contributed by atoms with Crippen molar-refractivity contribution in [2.45, 2.75) is 12.0 Å². The second-order valence-corrected chi connectivity index (χ2v) is 7.04. The number of rotatable bonds is 0. The van der Waals surface area contributed by atoms with Crippen LogP contribution in [0.4, 0.5) is 5.69 Å². The average Bonchev–Trinajstić information content (AvgIpc) is 3.18. The molecule has 1 aromatic heterocycles. The van der Waals surface area contributed by atoms with Crippen LogP contribution in [0, 0.1) is 0 Å². The molecular formula is C23H17NO. The Morgan fingerprint density at radius 3 is 2.68 bits per heavy atom. The molecule has 0 spiro atoms. The normalized spacial score (nSPS) is 20.8. The zero-order valence-electron chi connectivity index (χ0n) is 13.9. The van der Waals surface area contributed by atoms with Crippen LogP contribution in [0.2, 0.25) is 0 Å². The van der Waals surface area contributed by atoms with E-state index in [2.05, 4.69) is 78.7 Å². The number of hydrogen-bond donors (Lipinski definition) is 0. The fourth-order valence-electron chi connectivity index (χ4n) is 4.69. The Balaban J connectivity index is 1.74. The number of hydrogen-bond acceptors (Lipinski definition) is 2. The highest BCUT2D eigenvalue weighted by Crippen LogP contribution is 2.51. The maximum Gasteiger partial charge on any atom is 0.141 e. The minimum atomic E-state index is 0.325. The average molecular weight is 323 g/mol. The van der Waals surface area contributed by atoms with Crippen molar-refractivity contribution < 1.29 is 4.42 Å². The summed E-state index contributed by atoms with van der Waals surface area (Å²) in [6, 6.07) is 21.9. The number of furan rings is 1. The summed E-state index contributed by atoms with van der Waals surface area (Å²) in [6.07, 6.45) is 4.59. The second kappa shape index (κ2) is 4.54. The molecule has 2 aliphatic rings. The number of likely N-dealkylation sites (N-methyl/N-ethyl adjacent to an activating group) is 1. The van der Waals surface area contributed by atoms with E-state index >= 15 is 0 Å². The van der Waals surface area contributed by atoms with Crippen LogP contribution in [0.5, 0.6) is 0 Å². The Morgan fingerprint density at radius 2 is 1.72 bits per heavy atom. The van der Waals surface area contributed by atoms with Crippen LogP contribution in [0.1, 0.15) is 22.6 Å². The van der Waals surface area contributed by atoms with E-state index < -0.39 is 0 Å². The van der Waals surface area contributed by atoms with Crippen LogP contribution in [0.25, 0.3) is 28.0 Å². The molecule has 1 aliphatic carbocycles. The predicted octanol–water partition coefficient (Wildman–Crippen LogP) is 5.56. The molecule has 0 fully saturated rings. The van der Waals surface area contributed by atoms with Crippen LogP contribution in [-0.4, -0.2) is 13.1 Å². The molecule has 1 aliphatic heterocycles. The van der Waals surface area contributed by atoms with Crippen molar-refractivity contribution in [3.05, 3.63) is 83.4 Å². The van der Waals surface area contributed by atoms with Crippen LogP contribution in [0.15, 0.2) is 71.2 Å². The lowest BCUT2D eigenvalue weighted by atomic mass is 9.81. The molecule has 2 heterocycles. The van der Waals surface area contributed by atoms with Gasteiger partial charge in [-0.15, -0.1) is 0 Å². The first kappa shape index (κ1) is 13.3. The Labute approximate surface area is 146 Å². The van der Waals surface area contributed by atoms with Crippen molar-refractivity contribution in [2.24, 2.45) is 0 Å². The third kappa shape index (κ3) is 1.59. The minimum Gasteiger partial charge on any atom is -0.456 e. The fourth-order valence-corrected chi connectivity index (χ4v) is 4.69. The minimum absolute atomic E-state index is 0.325. The lowest BCUT2D eigenvalue weighted by molar-refractivity contribution is 0.651. The molecule has 25 heavy (non-hydrogen) atoms. The van der Waals surface area contributed by atoms with Gasteiger partial charge >= 0.3 is 0 Å². The Bertz CT molecular complexity index is 1180. The van der Waals surface area contributed by atoms with Crippen molar-refractivity contribution in [1.82, 2.24) is 0 Å². The van der Waals surface area contributed by atoms with Gasteiger partial charge in [-0.1, -0.05) is 54.6 Å². The molecule has 2 unspecified atom stereocenters. The van der Waals surface area contributed by atoms with Crippen molar-refractivity contribution in [1.29, 1.82) is 0 Å². The van der Waals surface area contributed by atoms with Gasteiger partial charge in [-0.2, -0.15) is 0 Å². The van der Waals surface area contributed by atoms with Crippen molar-refractivity contribution in [3.63, 3.8) is 0 Å². The standard InChI is InChI=1S/C23H17NO/c1-24-18-12-10-14-6-2-3-7-15(14)21(18)22-19(24)13-11-17-16-8-4-5-9-20(16)25-23(17)22/h2-13,18,21H,1H3. The van der Waals surface area contributed by atoms with Crippen LogP contribution in [-0.2, 0) is 0 Å². The Kier molecular flexibility index (Phi) is 2.42. The molecular weight excluding hydrogens is 306 g/mol. The number of fused-ring (bicyclic) bond motifs is 9. The summed E-state index contributed by atoms with van der Waals surface area (Å²) in [7, 11) is 2.19. The maximum absolute atomic E-state index is 6.36. The van der Waals surface area contributed by atoms with Gasteiger partial charge in [-0.25, -0.2) is 0 Å². The van der Waals surface area contributed by atoms with Gasteiger partial charge in [0.15, 0.2) is 0 Å². The molecule has 2 heteroatoms. The van der Waals surface area contributed by atoms with Crippen molar-refractivity contribution in [2.75, 3.05) is 11.9 Å². The Hall–Kier alpha value is -3.00. The number of para-hydroxylation sites is 1. The van der Waals surface area contributed by atoms with Gasteiger partial charge in [0.2, 0.25) is 0 Å². The quantitative estimate of drug-likeness (QED) is 0.421. The summed E-state index contributed by atoms with van der Waals surface area (Å²) >= 11 is 0. The number of anilines is 1. The molecule has 6 rings (SSSR count). The topological polar surface area (TPSA) is 16.4 Å². The lowest BCUT2D eigenvalue weighted by Gasteiger charge is -2.28. The molecule has 120 valence electrons. The molecule has 2 nitrogen and oxygen atoms in total. The SMILES string of the molecule is CN1c2ccc3c(oc4ccccc43)c2C2c3ccccc3C=CC21. The molecule has 3 aromatic carbocycles. The third-order valence-electron chi connectivity index (χ3n) is 5.85. The molecule has 0 amide bonds. The Morgan fingerprint density at radius 1 is 0.880 bits per heavy atom. The highest BCUT2D eigenvalue weighted by Gasteiger charge is 2.40. The first-order valence-electron chi connectivity index (χ1n) is 8.77. The number of benzene rings is 3. The van der Waals surface area contributed by atoms with Gasteiger partial charge in [0.05, 0.1) is 6.04 Å². The van der Waals surface area contributed by atoms with Gasteiger partial charge in [-0.3, -0.25) is 0 Å². The van der Waals surface area contributed by atoms with Gasteiger partial charge in [-0.05, 0) is 29.3 Å². The molecule has 0 N–H and O–H groups in total. The van der Waals surface area contributed by atoms with Gasteiger partial charge in [0.1, 0.15) is 11.2 Å². The monoisotopic (exact) mass is 323 g/mol. The van der Waals surface area contributed by atoms with E-state index in [0.29, 0.717) is 12.0 Å². The van der Waals surface area contributed by atoms with Crippen molar-refractivity contribution in [3.8, 4) is 0 Å². The summed E-state index contributed by atoms with van der Waals surface area (Å²) < 4.78 is 6.36. The zero-order valence-corrected chi connectivity index (χ0v) is 13.9. The highest BCUT2D eigenvalue weighted by molar-refractivity contribution is 6.08. The maximum atomic E-state index is 6.36. The van der Waals surface area contributed by atoms with Gasteiger partial charge in [0.25, 0.3) is 0 Å². The second-order valence-electron chi connectivity index (χ2n) is 7.04. The number of nitrogens with zero attached hydrogens (tertiary/aromatic N) is 1. The van der Waals surface area contributed by atoms with E-state index in [1.54, 1.807) is 0 Å². The van der Waals surface area contributed by atoms with E-state index in [0.717, 1.165) is 11.2 Å². The van der Waals surface area contributed by atoms with Crippen molar-refractivity contribution >= 4 is 33.7 Å². The smallest absolute Gasteiger partial charge is 0.141 e. The molecule has 0 bridgehead atoms. The molecule has 0 radical (unpaired) electrons.